The van der Waals surface area contributed by atoms with Crippen molar-refractivity contribution in [3.63, 3.8) is 0 Å². The van der Waals surface area contributed by atoms with Crippen molar-refractivity contribution in [3.8, 4) is 0 Å². The van der Waals surface area contributed by atoms with Crippen LogP contribution in [0.5, 0.6) is 0 Å². The van der Waals surface area contributed by atoms with Crippen LogP contribution < -0.4 is 0 Å². The Morgan fingerprint density at radius 2 is 1.20 bits per heavy atom. The molecule has 0 bridgehead atoms. The summed E-state index contributed by atoms with van der Waals surface area (Å²) < 4.78 is 23.0. The monoisotopic (exact) mass is 322 g/mol. The molecule has 0 N–H and O–H groups in total. The molecule has 0 saturated heterocycles. The van der Waals surface area contributed by atoms with Crippen LogP contribution in [-0.2, 0) is 17.4 Å². The van der Waals surface area contributed by atoms with Crippen molar-refractivity contribution in [3.05, 3.63) is 0 Å². The summed E-state index contributed by atoms with van der Waals surface area (Å²) in [6.07, 6.45) is 7.99. The first-order valence-corrected chi connectivity index (χ1v) is 11.5. The third-order valence-corrected chi connectivity index (χ3v) is 7.94. The molecule has 0 heterocycles. The molecule has 20 heavy (non-hydrogen) atoms. The lowest BCUT2D eigenvalue weighted by Crippen LogP contribution is -2.50. The van der Waals surface area contributed by atoms with E-state index in [4.69, 9.17) is 17.4 Å². The fourth-order valence-corrected chi connectivity index (χ4v) is 6.48. The molecule has 0 rings (SSSR count). The fraction of sp³-hybridized carbons (Fsp3) is 1.00. The first-order valence-electron chi connectivity index (χ1n) is 8.30. The molecule has 0 unspecified atom stereocenters. The molecule has 0 spiro atoms. The lowest BCUT2D eigenvalue weighted by molar-refractivity contribution is 0.0105. The molecule has 0 aliphatic rings. The second-order valence-electron chi connectivity index (χ2n) is 4.77. The van der Waals surface area contributed by atoms with Gasteiger partial charge in [0.25, 0.3) is 0 Å². The van der Waals surface area contributed by atoms with Crippen LogP contribution in [0.3, 0.4) is 0 Å². The van der Waals surface area contributed by atoms with E-state index in [1.807, 2.05) is 20.8 Å². The van der Waals surface area contributed by atoms with Crippen molar-refractivity contribution < 1.29 is 17.4 Å². The van der Waals surface area contributed by atoms with Gasteiger partial charge in [-0.3, -0.25) is 0 Å². The van der Waals surface area contributed by atoms with Gasteiger partial charge in [-0.05, 0) is 26.8 Å². The Hall–Kier alpha value is 0.274. The van der Waals surface area contributed by atoms with Gasteiger partial charge in [0.05, 0.1) is 0 Å². The van der Waals surface area contributed by atoms with Crippen molar-refractivity contribution in [1.82, 2.24) is 0 Å². The maximum atomic E-state index is 5.99. The van der Waals surface area contributed by atoms with Gasteiger partial charge >= 0.3 is 9.05 Å². The van der Waals surface area contributed by atoms with Crippen molar-refractivity contribution >= 4 is 18.8 Å². The molecule has 0 aliphatic heterocycles. The summed E-state index contributed by atoms with van der Waals surface area (Å²) in [5.74, 6) is 0. The van der Waals surface area contributed by atoms with Crippen LogP contribution in [0, 0.1) is 0 Å². The second-order valence-corrected chi connectivity index (χ2v) is 8.90. The Morgan fingerprint density at radius 3 is 1.70 bits per heavy atom. The van der Waals surface area contributed by atoms with Crippen LogP contribution >= 0.6 is 0 Å². The Morgan fingerprint density at radius 1 is 0.700 bits per heavy atom. The van der Waals surface area contributed by atoms with Crippen molar-refractivity contribution in [2.24, 2.45) is 0 Å². The minimum Gasteiger partial charge on any atom is -0.400 e. The number of rotatable bonds is 15. The summed E-state index contributed by atoms with van der Waals surface area (Å²) in [7, 11) is -3.42. The first-order chi connectivity index (χ1) is 9.74. The Kier molecular flexibility index (Phi) is 14.4. The molecule has 0 aromatic rings. The molecular formula is C14H34O4Si2. The first kappa shape index (κ1) is 20.3. The summed E-state index contributed by atoms with van der Waals surface area (Å²) in [6, 6.07) is 1.19. The fourth-order valence-electron chi connectivity index (χ4n) is 2.04. The van der Waals surface area contributed by atoms with Gasteiger partial charge in [0.2, 0.25) is 0 Å². The Balaban J connectivity index is 3.82. The van der Waals surface area contributed by atoms with Gasteiger partial charge in [-0.1, -0.05) is 45.4 Å². The SMILES string of the molecule is CCCCCCCC[SiH2]O[Si](OCC)(OCC)OCC. The van der Waals surface area contributed by atoms with Gasteiger partial charge in [-0.25, -0.2) is 0 Å². The van der Waals surface area contributed by atoms with Crippen LogP contribution in [0.2, 0.25) is 6.04 Å². The quantitative estimate of drug-likeness (QED) is 0.342. The van der Waals surface area contributed by atoms with E-state index in [0.717, 1.165) is 0 Å². The van der Waals surface area contributed by atoms with Gasteiger partial charge < -0.3 is 17.4 Å². The van der Waals surface area contributed by atoms with E-state index in [1.165, 1.54) is 44.6 Å². The molecular weight excluding hydrogens is 288 g/mol. The average molecular weight is 323 g/mol. The second kappa shape index (κ2) is 14.2. The molecule has 0 amide bonds. The maximum Gasteiger partial charge on any atom is 0.668 e. The van der Waals surface area contributed by atoms with E-state index < -0.39 is 18.8 Å². The molecule has 0 fully saturated rings. The van der Waals surface area contributed by atoms with E-state index in [0.29, 0.717) is 19.8 Å². The highest BCUT2D eigenvalue weighted by Gasteiger charge is 2.43. The van der Waals surface area contributed by atoms with Crippen LogP contribution in [0.25, 0.3) is 0 Å². The molecule has 0 saturated carbocycles. The van der Waals surface area contributed by atoms with Gasteiger partial charge in [0.15, 0.2) is 9.76 Å². The van der Waals surface area contributed by atoms with Crippen LogP contribution in [-0.4, -0.2) is 38.6 Å². The Bertz CT molecular complexity index is 189. The van der Waals surface area contributed by atoms with E-state index in [9.17, 15) is 0 Å². The largest absolute Gasteiger partial charge is 0.668 e. The number of unbranched alkanes of at least 4 members (excludes halogenated alkanes) is 5. The summed E-state index contributed by atoms with van der Waals surface area (Å²) in [5, 5.41) is 0. The highest BCUT2D eigenvalue weighted by atomic mass is 28.4. The average Bonchev–Trinajstić information content (AvgIpc) is 2.43. The number of hydrogen-bond acceptors (Lipinski definition) is 4. The van der Waals surface area contributed by atoms with Gasteiger partial charge in [0, 0.05) is 19.8 Å². The minimum absolute atomic E-state index is 0.581. The Labute approximate surface area is 129 Å². The van der Waals surface area contributed by atoms with Gasteiger partial charge in [-0.2, -0.15) is 0 Å². The molecule has 0 atom stereocenters. The summed E-state index contributed by atoms with van der Waals surface area (Å²) in [4.78, 5) is 0. The predicted molar refractivity (Wildman–Crippen MR) is 88.4 cm³/mol. The van der Waals surface area contributed by atoms with Gasteiger partial charge in [-0.15, -0.1) is 0 Å². The van der Waals surface area contributed by atoms with Crippen molar-refractivity contribution in [2.45, 2.75) is 72.3 Å². The molecule has 4 nitrogen and oxygen atoms in total. The normalized spacial score (nSPS) is 12.6. The van der Waals surface area contributed by atoms with Crippen molar-refractivity contribution in [1.29, 1.82) is 0 Å². The third kappa shape index (κ3) is 10.1. The summed E-state index contributed by atoms with van der Waals surface area (Å²) in [5.41, 5.74) is 0. The molecule has 0 aliphatic carbocycles. The summed E-state index contributed by atoms with van der Waals surface area (Å²) >= 11 is 0. The smallest absolute Gasteiger partial charge is 0.400 e. The number of hydrogen-bond donors (Lipinski definition) is 0. The lowest BCUT2D eigenvalue weighted by atomic mass is 10.1. The standard InChI is InChI=1S/C14H34O4Si2/c1-5-9-10-11-12-13-14-19-18-20(15-6-2,16-7-3)17-8-4/h5-14,19H2,1-4H3. The maximum absolute atomic E-state index is 5.99. The van der Waals surface area contributed by atoms with Crippen LogP contribution in [0.4, 0.5) is 0 Å². The third-order valence-electron chi connectivity index (χ3n) is 2.99. The zero-order chi connectivity index (χ0) is 15.1. The van der Waals surface area contributed by atoms with E-state index in [1.54, 1.807) is 0 Å². The van der Waals surface area contributed by atoms with Crippen LogP contribution in [0.15, 0.2) is 0 Å². The summed E-state index contributed by atoms with van der Waals surface area (Å²) in [6.45, 7) is 9.86. The zero-order valence-corrected chi connectivity index (χ0v) is 16.3. The molecule has 0 aromatic carbocycles. The van der Waals surface area contributed by atoms with Crippen molar-refractivity contribution in [2.75, 3.05) is 19.8 Å². The highest BCUT2D eigenvalue weighted by Crippen LogP contribution is 2.13. The van der Waals surface area contributed by atoms with E-state index >= 15 is 0 Å². The topological polar surface area (TPSA) is 36.9 Å². The van der Waals surface area contributed by atoms with E-state index in [2.05, 4.69) is 6.92 Å². The molecule has 0 aromatic heterocycles. The van der Waals surface area contributed by atoms with Gasteiger partial charge in [0.1, 0.15) is 0 Å². The zero-order valence-electron chi connectivity index (χ0n) is 13.9. The predicted octanol–water partition coefficient (Wildman–Crippen LogP) is 3.41. The highest BCUT2D eigenvalue weighted by molar-refractivity contribution is 6.60. The molecule has 6 heteroatoms. The lowest BCUT2D eigenvalue weighted by Gasteiger charge is -2.27. The molecule has 122 valence electrons. The molecule has 0 radical (unpaired) electrons. The van der Waals surface area contributed by atoms with E-state index in [-0.39, 0.29) is 0 Å². The minimum atomic E-state index is -2.81. The van der Waals surface area contributed by atoms with Crippen LogP contribution in [0.1, 0.15) is 66.2 Å².